The van der Waals surface area contributed by atoms with Gasteiger partial charge in [-0.1, -0.05) is 0 Å². The van der Waals surface area contributed by atoms with Gasteiger partial charge in [-0.3, -0.25) is 4.79 Å². The van der Waals surface area contributed by atoms with Crippen LogP contribution in [0.3, 0.4) is 0 Å². The molecule has 4 nitrogen and oxygen atoms in total. The summed E-state index contributed by atoms with van der Waals surface area (Å²) in [5, 5.41) is -0.0693. The highest BCUT2D eigenvalue weighted by atomic mass is 32.2. The average molecular weight is 251 g/mol. The van der Waals surface area contributed by atoms with Gasteiger partial charge in [-0.05, 0) is 32.0 Å². The van der Waals surface area contributed by atoms with Crippen LogP contribution in [0.15, 0.2) is 23.1 Å². The van der Waals surface area contributed by atoms with Gasteiger partial charge in [0.15, 0.2) is 0 Å². The van der Waals surface area contributed by atoms with E-state index in [0.29, 0.717) is 12.2 Å². The van der Waals surface area contributed by atoms with Crippen molar-refractivity contribution in [2.75, 3.05) is 17.2 Å². The second-order valence-electron chi connectivity index (χ2n) is 4.28. The van der Waals surface area contributed by atoms with Crippen LogP contribution in [-0.2, 0) is 4.79 Å². The Balaban J connectivity index is 2.50. The minimum Gasteiger partial charge on any atom is -0.399 e. The molecule has 0 spiro atoms. The average Bonchev–Trinajstić information content (AvgIpc) is 2.31. The van der Waals surface area contributed by atoms with Crippen molar-refractivity contribution in [2.45, 2.75) is 30.0 Å². The maximum atomic E-state index is 12.2. The quantitative estimate of drug-likeness (QED) is 0.780. The van der Waals surface area contributed by atoms with E-state index in [0.717, 1.165) is 10.6 Å². The Bertz CT molecular complexity index is 449. The van der Waals surface area contributed by atoms with Gasteiger partial charge in [-0.15, -0.1) is 11.8 Å². The number of benzene rings is 1. The Kier molecular flexibility index (Phi) is 3.31. The fraction of sp³-hybridized carbons (Fsp3) is 0.417. The van der Waals surface area contributed by atoms with E-state index in [1.54, 1.807) is 16.7 Å². The lowest BCUT2D eigenvalue weighted by molar-refractivity contribution is -0.118. The number of hydrogen-bond donors (Lipinski definition) is 2. The molecule has 1 aliphatic rings. The summed E-state index contributed by atoms with van der Waals surface area (Å²) >= 11 is 1.57. The van der Waals surface area contributed by atoms with Crippen molar-refractivity contribution in [1.29, 1.82) is 0 Å². The first-order valence-corrected chi connectivity index (χ1v) is 6.52. The van der Waals surface area contributed by atoms with Crippen LogP contribution in [0, 0.1) is 0 Å². The molecule has 0 bridgehead atoms. The highest BCUT2D eigenvalue weighted by Crippen LogP contribution is 2.40. The number of thioether (sulfide) groups is 1. The van der Waals surface area contributed by atoms with Gasteiger partial charge in [-0.2, -0.15) is 0 Å². The van der Waals surface area contributed by atoms with Crippen molar-refractivity contribution in [3.05, 3.63) is 18.2 Å². The molecule has 0 saturated heterocycles. The normalized spacial score (nSPS) is 21.2. The van der Waals surface area contributed by atoms with E-state index in [2.05, 4.69) is 0 Å². The molecule has 1 aromatic rings. The molecule has 1 aliphatic heterocycles. The summed E-state index contributed by atoms with van der Waals surface area (Å²) in [6.45, 7) is 4.31. The minimum atomic E-state index is -0.0693. The summed E-state index contributed by atoms with van der Waals surface area (Å²) in [5.74, 6) is 0.103. The number of fused-ring (bicyclic) bond motifs is 1. The standard InChI is InChI=1S/C12H17N3OS/c1-7(6-13)15-10-5-9(14)3-4-11(10)17-8(2)12(15)16/h3-5,7-8H,6,13-14H2,1-2H3. The van der Waals surface area contributed by atoms with Gasteiger partial charge < -0.3 is 16.4 Å². The summed E-state index contributed by atoms with van der Waals surface area (Å²) in [7, 11) is 0. The number of carbonyl (C=O) groups is 1. The summed E-state index contributed by atoms with van der Waals surface area (Å²) in [6, 6.07) is 5.67. The van der Waals surface area contributed by atoms with Gasteiger partial charge >= 0.3 is 0 Å². The molecule has 0 fully saturated rings. The number of hydrogen-bond acceptors (Lipinski definition) is 4. The third-order valence-corrected chi connectivity index (χ3v) is 4.07. The molecule has 2 atom stereocenters. The zero-order valence-corrected chi connectivity index (χ0v) is 10.8. The van der Waals surface area contributed by atoms with Crippen molar-refractivity contribution >= 4 is 29.0 Å². The lowest BCUT2D eigenvalue weighted by Gasteiger charge is -2.36. The van der Waals surface area contributed by atoms with Crippen LogP contribution >= 0.6 is 11.8 Å². The molecule has 0 aromatic heterocycles. The third-order valence-electron chi connectivity index (χ3n) is 2.91. The zero-order valence-electron chi connectivity index (χ0n) is 10.0. The van der Waals surface area contributed by atoms with Crippen LogP contribution in [0.2, 0.25) is 0 Å². The molecular formula is C12H17N3OS. The topological polar surface area (TPSA) is 72.3 Å². The van der Waals surface area contributed by atoms with E-state index < -0.39 is 0 Å². The first kappa shape index (κ1) is 12.3. The summed E-state index contributed by atoms with van der Waals surface area (Å²) in [4.78, 5) is 15.1. The van der Waals surface area contributed by atoms with E-state index >= 15 is 0 Å². The van der Waals surface area contributed by atoms with Gasteiger partial charge in [0, 0.05) is 23.2 Å². The second-order valence-corrected chi connectivity index (χ2v) is 5.66. The van der Waals surface area contributed by atoms with Gasteiger partial charge in [0.05, 0.1) is 10.9 Å². The second kappa shape index (κ2) is 4.58. The molecule has 0 saturated carbocycles. The number of amides is 1. The van der Waals surface area contributed by atoms with E-state index in [9.17, 15) is 4.79 Å². The lowest BCUT2D eigenvalue weighted by Crippen LogP contribution is -2.48. The zero-order chi connectivity index (χ0) is 12.6. The third kappa shape index (κ3) is 2.12. The molecule has 1 aromatic carbocycles. The molecule has 0 aliphatic carbocycles. The number of carbonyl (C=O) groups excluding carboxylic acids is 1. The van der Waals surface area contributed by atoms with Crippen molar-refractivity contribution in [3.8, 4) is 0 Å². The Morgan fingerprint density at radius 2 is 2.24 bits per heavy atom. The molecular weight excluding hydrogens is 234 g/mol. The molecule has 5 heteroatoms. The van der Waals surface area contributed by atoms with Crippen LogP contribution in [0.4, 0.5) is 11.4 Å². The largest absolute Gasteiger partial charge is 0.399 e. The highest BCUT2D eigenvalue weighted by molar-refractivity contribution is 8.01. The van der Waals surface area contributed by atoms with Crippen LogP contribution in [0.25, 0.3) is 0 Å². The highest BCUT2D eigenvalue weighted by Gasteiger charge is 2.33. The maximum absolute atomic E-state index is 12.2. The minimum absolute atomic E-state index is 0.00796. The number of nitrogen functional groups attached to an aromatic ring is 1. The first-order valence-electron chi connectivity index (χ1n) is 5.64. The van der Waals surface area contributed by atoms with Crippen LogP contribution in [-0.4, -0.2) is 23.7 Å². The SMILES string of the molecule is CC1Sc2ccc(N)cc2N(C(C)CN)C1=O. The monoisotopic (exact) mass is 251 g/mol. The van der Waals surface area contributed by atoms with Gasteiger partial charge in [0.1, 0.15) is 0 Å². The Hall–Kier alpha value is -1.20. The Morgan fingerprint density at radius 3 is 2.88 bits per heavy atom. The van der Waals surface area contributed by atoms with Crippen LogP contribution in [0.5, 0.6) is 0 Å². The summed E-state index contributed by atoms with van der Waals surface area (Å²) < 4.78 is 0. The molecule has 4 N–H and O–H groups in total. The predicted octanol–water partition coefficient (Wildman–Crippen LogP) is 1.44. The molecule has 92 valence electrons. The number of nitrogens with zero attached hydrogens (tertiary/aromatic N) is 1. The van der Waals surface area contributed by atoms with Crippen molar-refractivity contribution in [1.82, 2.24) is 0 Å². The molecule has 2 rings (SSSR count). The smallest absolute Gasteiger partial charge is 0.240 e. The van der Waals surface area contributed by atoms with Crippen molar-refractivity contribution in [3.63, 3.8) is 0 Å². The van der Waals surface area contributed by atoms with Crippen molar-refractivity contribution < 1.29 is 4.79 Å². The molecule has 1 amide bonds. The molecule has 1 heterocycles. The van der Waals surface area contributed by atoms with Crippen molar-refractivity contribution in [2.24, 2.45) is 5.73 Å². The lowest BCUT2D eigenvalue weighted by atomic mass is 10.1. The maximum Gasteiger partial charge on any atom is 0.240 e. The molecule has 17 heavy (non-hydrogen) atoms. The summed E-state index contributed by atoms with van der Waals surface area (Å²) in [5.41, 5.74) is 13.0. The Labute approximate surface area is 105 Å². The fourth-order valence-corrected chi connectivity index (χ4v) is 2.96. The van der Waals surface area contributed by atoms with Crippen LogP contribution in [0.1, 0.15) is 13.8 Å². The summed E-state index contributed by atoms with van der Waals surface area (Å²) in [6.07, 6.45) is 0. The van der Waals surface area contributed by atoms with E-state index in [-0.39, 0.29) is 17.2 Å². The van der Waals surface area contributed by atoms with E-state index in [1.165, 1.54) is 0 Å². The predicted molar refractivity (Wildman–Crippen MR) is 72.2 cm³/mol. The number of rotatable bonds is 2. The number of anilines is 2. The number of nitrogens with two attached hydrogens (primary N) is 2. The first-order chi connectivity index (χ1) is 8.04. The van der Waals surface area contributed by atoms with E-state index in [1.807, 2.05) is 32.0 Å². The molecule has 2 unspecified atom stereocenters. The van der Waals surface area contributed by atoms with Gasteiger partial charge in [-0.25, -0.2) is 0 Å². The molecule has 0 radical (unpaired) electrons. The fourth-order valence-electron chi connectivity index (χ4n) is 1.94. The van der Waals surface area contributed by atoms with E-state index in [4.69, 9.17) is 11.5 Å². The van der Waals surface area contributed by atoms with Gasteiger partial charge in [0.2, 0.25) is 5.91 Å². The Morgan fingerprint density at radius 1 is 1.53 bits per heavy atom. The van der Waals surface area contributed by atoms with Gasteiger partial charge in [0.25, 0.3) is 0 Å². The van der Waals surface area contributed by atoms with Crippen LogP contribution < -0.4 is 16.4 Å².